The molecule has 0 spiro atoms. The standard InChI is InChI=1S/C19H23N/c1-3-15-6-12(2)20-19-5-4-16(11-18(15)19)17-9-13-7-14(8-13)10-17/h4-6,11,13-14,17H,3,7-10H2,1-2H3. The van der Waals surface area contributed by atoms with E-state index >= 15 is 0 Å². The van der Waals surface area contributed by atoms with Crippen LogP contribution in [0, 0.1) is 18.8 Å². The minimum Gasteiger partial charge on any atom is -0.253 e. The number of pyridine rings is 1. The van der Waals surface area contributed by atoms with Gasteiger partial charge in [-0.15, -0.1) is 0 Å². The number of rotatable bonds is 2. The lowest BCUT2D eigenvalue weighted by Gasteiger charge is -2.45. The Balaban J connectivity index is 1.76. The Bertz CT molecular complexity index is 642. The highest BCUT2D eigenvalue weighted by Gasteiger charge is 2.38. The van der Waals surface area contributed by atoms with Gasteiger partial charge in [-0.1, -0.05) is 13.0 Å². The fourth-order valence-electron chi connectivity index (χ4n) is 4.44. The molecule has 3 fully saturated rings. The quantitative estimate of drug-likeness (QED) is 0.744. The van der Waals surface area contributed by atoms with Crippen LogP contribution < -0.4 is 0 Å². The number of aryl methyl sites for hydroxylation is 2. The Labute approximate surface area is 121 Å². The summed E-state index contributed by atoms with van der Waals surface area (Å²) in [5.41, 5.74) is 5.33. The van der Waals surface area contributed by atoms with E-state index in [1.165, 1.54) is 42.1 Å². The minimum absolute atomic E-state index is 0.808. The van der Waals surface area contributed by atoms with Crippen molar-refractivity contribution >= 4 is 10.9 Å². The average Bonchev–Trinajstić information content (AvgIpc) is 2.45. The van der Waals surface area contributed by atoms with Crippen LogP contribution in [0.4, 0.5) is 0 Å². The summed E-state index contributed by atoms with van der Waals surface area (Å²) in [5.74, 6) is 2.86. The van der Waals surface area contributed by atoms with Gasteiger partial charge >= 0.3 is 0 Å². The molecule has 1 heteroatoms. The molecule has 20 heavy (non-hydrogen) atoms. The first-order valence-electron chi connectivity index (χ1n) is 8.13. The number of hydrogen-bond acceptors (Lipinski definition) is 1. The first kappa shape index (κ1) is 12.4. The number of hydrogen-bond donors (Lipinski definition) is 0. The van der Waals surface area contributed by atoms with Crippen molar-refractivity contribution in [1.29, 1.82) is 0 Å². The Morgan fingerprint density at radius 2 is 1.80 bits per heavy atom. The van der Waals surface area contributed by atoms with E-state index in [2.05, 4.69) is 38.1 Å². The molecule has 1 heterocycles. The fraction of sp³-hybridized carbons (Fsp3) is 0.526. The summed E-state index contributed by atoms with van der Waals surface area (Å²) in [7, 11) is 0. The Hall–Kier alpha value is -1.37. The molecule has 3 aliphatic carbocycles. The summed E-state index contributed by atoms with van der Waals surface area (Å²) < 4.78 is 0. The molecule has 3 saturated carbocycles. The molecule has 0 unspecified atom stereocenters. The fourth-order valence-corrected chi connectivity index (χ4v) is 4.44. The Morgan fingerprint density at radius 1 is 1.05 bits per heavy atom. The van der Waals surface area contributed by atoms with Gasteiger partial charge in [0.15, 0.2) is 0 Å². The van der Waals surface area contributed by atoms with Crippen molar-refractivity contribution in [3.05, 3.63) is 41.1 Å². The largest absolute Gasteiger partial charge is 0.253 e. The van der Waals surface area contributed by atoms with Gasteiger partial charge in [-0.25, -0.2) is 0 Å². The zero-order valence-electron chi connectivity index (χ0n) is 12.5. The van der Waals surface area contributed by atoms with E-state index in [-0.39, 0.29) is 0 Å². The van der Waals surface area contributed by atoms with E-state index in [1.54, 1.807) is 5.56 Å². The molecule has 104 valence electrons. The maximum absolute atomic E-state index is 4.69. The van der Waals surface area contributed by atoms with Crippen molar-refractivity contribution in [1.82, 2.24) is 4.98 Å². The Kier molecular flexibility index (Phi) is 2.83. The molecule has 1 aromatic heterocycles. The first-order chi connectivity index (χ1) is 9.72. The van der Waals surface area contributed by atoms with Crippen molar-refractivity contribution in [2.45, 2.75) is 51.9 Å². The van der Waals surface area contributed by atoms with E-state index in [0.717, 1.165) is 29.9 Å². The molecule has 3 aliphatic rings. The van der Waals surface area contributed by atoms with Gasteiger partial charge in [-0.3, -0.25) is 4.98 Å². The van der Waals surface area contributed by atoms with Gasteiger partial charge in [0.1, 0.15) is 0 Å². The topological polar surface area (TPSA) is 12.9 Å². The van der Waals surface area contributed by atoms with E-state index in [9.17, 15) is 0 Å². The molecule has 0 aliphatic heterocycles. The number of aromatic nitrogens is 1. The zero-order valence-corrected chi connectivity index (χ0v) is 12.5. The molecule has 0 atom stereocenters. The van der Waals surface area contributed by atoms with Crippen LogP contribution in [0.2, 0.25) is 0 Å². The van der Waals surface area contributed by atoms with Gasteiger partial charge in [0.25, 0.3) is 0 Å². The summed E-state index contributed by atoms with van der Waals surface area (Å²) >= 11 is 0. The van der Waals surface area contributed by atoms with E-state index in [0.29, 0.717) is 0 Å². The minimum atomic E-state index is 0.808. The van der Waals surface area contributed by atoms with Crippen LogP contribution in [0.25, 0.3) is 10.9 Å². The molecule has 2 aromatic rings. The predicted octanol–water partition coefficient (Wildman–Crippen LogP) is 5.01. The van der Waals surface area contributed by atoms with Crippen LogP contribution in [-0.2, 0) is 6.42 Å². The summed E-state index contributed by atoms with van der Waals surface area (Å²) in [6.45, 7) is 4.35. The van der Waals surface area contributed by atoms with E-state index in [4.69, 9.17) is 4.98 Å². The summed E-state index contributed by atoms with van der Waals surface area (Å²) in [4.78, 5) is 4.69. The molecular weight excluding hydrogens is 242 g/mol. The molecule has 0 saturated heterocycles. The molecular formula is C19H23N. The second-order valence-corrected chi connectivity index (χ2v) is 6.92. The normalized spacial score (nSPS) is 28.4. The van der Waals surface area contributed by atoms with Crippen LogP contribution in [-0.4, -0.2) is 4.98 Å². The highest BCUT2D eigenvalue weighted by molar-refractivity contribution is 5.83. The first-order valence-corrected chi connectivity index (χ1v) is 8.13. The van der Waals surface area contributed by atoms with Crippen LogP contribution in [0.1, 0.15) is 55.3 Å². The Morgan fingerprint density at radius 3 is 2.50 bits per heavy atom. The van der Waals surface area contributed by atoms with Crippen molar-refractivity contribution in [3.8, 4) is 0 Å². The van der Waals surface area contributed by atoms with Gasteiger partial charge < -0.3 is 0 Å². The van der Waals surface area contributed by atoms with E-state index in [1.807, 2.05) is 0 Å². The second kappa shape index (κ2) is 4.58. The third kappa shape index (κ3) is 1.95. The van der Waals surface area contributed by atoms with Crippen LogP contribution in [0.5, 0.6) is 0 Å². The monoisotopic (exact) mass is 265 g/mol. The van der Waals surface area contributed by atoms with Crippen molar-refractivity contribution < 1.29 is 0 Å². The number of fused-ring (bicyclic) bond motifs is 3. The van der Waals surface area contributed by atoms with Crippen LogP contribution in [0.3, 0.4) is 0 Å². The molecule has 1 aromatic carbocycles. The van der Waals surface area contributed by atoms with Crippen LogP contribution in [0.15, 0.2) is 24.3 Å². The molecule has 0 N–H and O–H groups in total. The lowest BCUT2D eigenvalue weighted by Crippen LogP contribution is -2.32. The number of nitrogens with zero attached hydrogens (tertiary/aromatic N) is 1. The predicted molar refractivity (Wildman–Crippen MR) is 84.0 cm³/mol. The smallest absolute Gasteiger partial charge is 0.0708 e. The summed E-state index contributed by atoms with van der Waals surface area (Å²) in [6.07, 6.45) is 6.95. The van der Waals surface area contributed by atoms with Gasteiger partial charge in [0.2, 0.25) is 0 Å². The number of benzene rings is 1. The van der Waals surface area contributed by atoms with Gasteiger partial charge in [0.05, 0.1) is 5.52 Å². The molecule has 5 rings (SSSR count). The highest BCUT2D eigenvalue weighted by Crippen LogP contribution is 2.51. The highest BCUT2D eigenvalue weighted by atomic mass is 14.7. The van der Waals surface area contributed by atoms with Crippen molar-refractivity contribution in [3.63, 3.8) is 0 Å². The van der Waals surface area contributed by atoms with Gasteiger partial charge in [0, 0.05) is 11.1 Å². The molecule has 1 nitrogen and oxygen atoms in total. The van der Waals surface area contributed by atoms with E-state index < -0.39 is 0 Å². The maximum atomic E-state index is 4.69. The van der Waals surface area contributed by atoms with Crippen molar-refractivity contribution in [2.75, 3.05) is 0 Å². The maximum Gasteiger partial charge on any atom is 0.0708 e. The average molecular weight is 265 g/mol. The third-order valence-corrected chi connectivity index (χ3v) is 5.47. The van der Waals surface area contributed by atoms with Gasteiger partial charge in [-0.2, -0.15) is 0 Å². The SMILES string of the molecule is CCc1cc(C)nc2ccc(C3CC4CC(C4)C3)cc12. The van der Waals surface area contributed by atoms with Crippen LogP contribution >= 0.6 is 0 Å². The zero-order chi connectivity index (χ0) is 13.7. The molecule has 0 amide bonds. The summed E-state index contributed by atoms with van der Waals surface area (Å²) in [5, 5.41) is 1.38. The lowest BCUT2D eigenvalue weighted by molar-refractivity contribution is 0.0966. The third-order valence-electron chi connectivity index (χ3n) is 5.47. The van der Waals surface area contributed by atoms with Crippen molar-refractivity contribution in [2.24, 2.45) is 11.8 Å². The molecule has 0 radical (unpaired) electrons. The van der Waals surface area contributed by atoms with Gasteiger partial charge in [-0.05, 0) is 86.1 Å². The second-order valence-electron chi connectivity index (χ2n) is 6.92. The lowest BCUT2D eigenvalue weighted by atomic mass is 9.60. The molecule has 2 bridgehead atoms. The summed E-state index contributed by atoms with van der Waals surface area (Å²) in [6, 6.07) is 9.28.